The number of carbonyl (C=O) groups is 2. The first kappa shape index (κ1) is 15.3. The molecule has 0 rings (SSSR count). The first-order valence-electron chi connectivity index (χ1n) is 5.52. The van der Waals surface area contributed by atoms with Gasteiger partial charge in [-0.2, -0.15) is 0 Å². The van der Waals surface area contributed by atoms with Gasteiger partial charge in [-0.15, -0.1) is 0 Å². The molecule has 0 saturated heterocycles. The summed E-state index contributed by atoms with van der Waals surface area (Å²) in [5.74, 6) is -0.196. The molecule has 0 unspecified atom stereocenters. The average Bonchev–Trinajstić information content (AvgIpc) is 2.35. The average molecular weight is 236 g/mol. The summed E-state index contributed by atoms with van der Waals surface area (Å²) in [6, 6.07) is 0. The third-order valence-electron chi connectivity index (χ3n) is 2.27. The van der Waals surface area contributed by atoms with Crippen molar-refractivity contribution in [3.8, 4) is 0 Å². The van der Waals surface area contributed by atoms with Crippen LogP contribution in [0.15, 0.2) is 36.0 Å². The second kappa shape index (κ2) is 8.47. The summed E-state index contributed by atoms with van der Waals surface area (Å²) in [5.41, 5.74) is 6.04. The Kier molecular flexibility index (Phi) is 7.63. The Morgan fingerprint density at radius 1 is 1.47 bits per heavy atom. The number of nitrogens with two attached hydrogens (primary N) is 1. The molecule has 0 heterocycles. The van der Waals surface area contributed by atoms with E-state index in [0.29, 0.717) is 30.5 Å². The van der Waals surface area contributed by atoms with Gasteiger partial charge in [0, 0.05) is 24.7 Å². The topological polar surface area (TPSA) is 63.4 Å². The molecule has 4 heteroatoms. The number of rotatable bonds is 7. The number of hydrogen-bond donors (Lipinski definition) is 1. The molecule has 0 saturated carbocycles. The van der Waals surface area contributed by atoms with Gasteiger partial charge in [0.15, 0.2) is 6.29 Å². The number of allylic oxidation sites excluding steroid dienone is 3. The van der Waals surface area contributed by atoms with Crippen molar-refractivity contribution in [1.82, 2.24) is 4.90 Å². The highest BCUT2D eigenvalue weighted by Gasteiger charge is 2.14. The minimum absolute atomic E-state index is 0.196. The maximum atomic E-state index is 12.1. The zero-order valence-electron chi connectivity index (χ0n) is 10.5. The van der Waals surface area contributed by atoms with Gasteiger partial charge in [-0.1, -0.05) is 24.8 Å². The molecule has 0 aromatic carbocycles. The predicted molar refractivity (Wildman–Crippen MR) is 69.4 cm³/mol. The van der Waals surface area contributed by atoms with E-state index in [1.54, 1.807) is 31.0 Å². The van der Waals surface area contributed by atoms with Crippen molar-refractivity contribution < 1.29 is 9.59 Å². The molecule has 0 bridgehead atoms. The molecule has 0 aromatic heterocycles. The lowest BCUT2D eigenvalue weighted by molar-refractivity contribution is -0.125. The highest BCUT2D eigenvalue weighted by molar-refractivity contribution is 6.02. The van der Waals surface area contributed by atoms with E-state index in [1.165, 1.54) is 6.08 Å². The van der Waals surface area contributed by atoms with Gasteiger partial charge < -0.3 is 10.6 Å². The lowest BCUT2D eigenvalue weighted by atomic mass is 10.1. The smallest absolute Gasteiger partial charge is 0.254 e. The van der Waals surface area contributed by atoms with Crippen molar-refractivity contribution in [2.24, 2.45) is 5.73 Å². The Balaban J connectivity index is 5.08. The van der Waals surface area contributed by atoms with Crippen LogP contribution in [-0.2, 0) is 9.59 Å². The van der Waals surface area contributed by atoms with E-state index in [9.17, 15) is 9.59 Å². The van der Waals surface area contributed by atoms with Crippen LogP contribution in [0.4, 0.5) is 0 Å². The second-order valence-electron chi connectivity index (χ2n) is 3.56. The molecule has 0 spiro atoms. The van der Waals surface area contributed by atoms with E-state index >= 15 is 0 Å². The Morgan fingerprint density at radius 2 is 2.12 bits per heavy atom. The third-order valence-corrected chi connectivity index (χ3v) is 2.27. The standard InChI is InChI=1S/C13H20N2O2/c1-4-7-12(11(5-2)10-16)13(17)15(3)9-6-8-14/h4-5,7,10H,2,6,8-9,14H2,1,3H3/b7-4-,12-11-. The van der Waals surface area contributed by atoms with Gasteiger partial charge in [-0.3, -0.25) is 9.59 Å². The minimum Gasteiger partial charge on any atom is -0.342 e. The van der Waals surface area contributed by atoms with Crippen molar-refractivity contribution in [3.05, 3.63) is 36.0 Å². The largest absolute Gasteiger partial charge is 0.342 e. The first-order chi connectivity index (χ1) is 8.12. The molecule has 0 aromatic rings. The fraction of sp³-hybridized carbons (Fsp3) is 0.385. The van der Waals surface area contributed by atoms with Crippen molar-refractivity contribution >= 4 is 12.2 Å². The number of hydrogen-bond acceptors (Lipinski definition) is 3. The van der Waals surface area contributed by atoms with E-state index in [0.717, 1.165) is 6.42 Å². The summed E-state index contributed by atoms with van der Waals surface area (Å²) in [6.45, 7) is 6.41. The number of nitrogens with zero attached hydrogens (tertiary/aromatic N) is 1. The normalized spacial score (nSPS) is 12.2. The van der Waals surface area contributed by atoms with Crippen molar-refractivity contribution in [2.45, 2.75) is 13.3 Å². The van der Waals surface area contributed by atoms with Gasteiger partial charge >= 0.3 is 0 Å². The molecule has 0 radical (unpaired) electrons. The molecule has 17 heavy (non-hydrogen) atoms. The summed E-state index contributed by atoms with van der Waals surface area (Å²) in [6.07, 6.45) is 6.09. The highest BCUT2D eigenvalue weighted by Crippen LogP contribution is 2.09. The number of carbonyl (C=O) groups excluding carboxylic acids is 2. The van der Waals surface area contributed by atoms with Crippen LogP contribution >= 0.6 is 0 Å². The van der Waals surface area contributed by atoms with Gasteiger partial charge in [0.1, 0.15) is 0 Å². The van der Waals surface area contributed by atoms with E-state index < -0.39 is 0 Å². The summed E-state index contributed by atoms with van der Waals surface area (Å²) >= 11 is 0. The van der Waals surface area contributed by atoms with Crippen molar-refractivity contribution in [1.29, 1.82) is 0 Å². The van der Waals surface area contributed by atoms with Crippen molar-refractivity contribution in [3.63, 3.8) is 0 Å². The summed E-state index contributed by atoms with van der Waals surface area (Å²) in [5, 5.41) is 0. The maximum absolute atomic E-state index is 12.1. The van der Waals surface area contributed by atoms with E-state index in [1.807, 2.05) is 0 Å². The second-order valence-corrected chi connectivity index (χ2v) is 3.56. The Labute approximate surface area is 102 Å². The van der Waals surface area contributed by atoms with Crippen LogP contribution in [0.2, 0.25) is 0 Å². The number of amides is 1. The summed E-state index contributed by atoms with van der Waals surface area (Å²) < 4.78 is 0. The van der Waals surface area contributed by atoms with Crippen LogP contribution in [0.25, 0.3) is 0 Å². The van der Waals surface area contributed by atoms with Crippen LogP contribution in [0, 0.1) is 0 Å². The molecular weight excluding hydrogens is 216 g/mol. The zero-order valence-corrected chi connectivity index (χ0v) is 10.5. The molecule has 4 nitrogen and oxygen atoms in total. The summed E-state index contributed by atoms with van der Waals surface area (Å²) in [4.78, 5) is 24.5. The Hall–Kier alpha value is -1.68. The Morgan fingerprint density at radius 3 is 2.53 bits per heavy atom. The molecular formula is C13H20N2O2. The van der Waals surface area contributed by atoms with Gasteiger partial charge in [-0.05, 0) is 19.9 Å². The third kappa shape index (κ3) is 4.78. The lowest BCUT2D eigenvalue weighted by Crippen LogP contribution is -2.30. The van der Waals surface area contributed by atoms with Gasteiger partial charge in [-0.25, -0.2) is 0 Å². The van der Waals surface area contributed by atoms with Gasteiger partial charge in [0.25, 0.3) is 5.91 Å². The molecule has 0 aliphatic carbocycles. The predicted octanol–water partition coefficient (Wildman–Crippen LogP) is 1.05. The van der Waals surface area contributed by atoms with Crippen molar-refractivity contribution in [2.75, 3.05) is 20.1 Å². The molecule has 2 N–H and O–H groups in total. The molecule has 0 aliphatic heterocycles. The van der Waals surface area contributed by atoms with Crippen LogP contribution in [0.5, 0.6) is 0 Å². The monoisotopic (exact) mass is 236 g/mol. The minimum atomic E-state index is -0.196. The van der Waals surface area contributed by atoms with Gasteiger partial charge in [0.2, 0.25) is 0 Å². The van der Waals surface area contributed by atoms with E-state index in [4.69, 9.17) is 5.73 Å². The van der Waals surface area contributed by atoms with E-state index in [2.05, 4.69) is 6.58 Å². The van der Waals surface area contributed by atoms with Crippen LogP contribution < -0.4 is 5.73 Å². The maximum Gasteiger partial charge on any atom is 0.254 e. The molecule has 94 valence electrons. The van der Waals surface area contributed by atoms with E-state index in [-0.39, 0.29) is 5.91 Å². The molecule has 0 fully saturated rings. The number of likely N-dealkylation sites (N-methyl/N-ethyl adjacent to an activating group) is 1. The quantitative estimate of drug-likeness (QED) is 0.408. The fourth-order valence-corrected chi connectivity index (χ4v) is 1.31. The fourth-order valence-electron chi connectivity index (χ4n) is 1.31. The highest BCUT2D eigenvalue weighted by atomic mass is 16.2. The lowest BCUT2D eigenvalue weighted by Gasteiger charge is -2.17. The first-order valence-corrected chi connectivity index (χ1v) is 5.52. The Bertz CT molecular complexity index is 333. The summed E-state index contributed by atoms with van der Waals surface area (Å²) in [7, 11) is 1.69. The molecule has 0 aliphatic rings. The molecule has 1 amide bonds. The van der Waals surface area contributed by atoms with Crippen LogP contribution in [0.3, 0.4) is 0 Å². The van der Waals surface area contributed by atoms with Crippen LogP contribution in [-0.4, -0.2) is 37.2 Å². The zero-order chi connectivity index (χ0) is 13.3. The van der Waals surface area contributed by atoms with Crippen LogP contribution in [0.1, 0.15) is 13.3 Å². The molecule has 0 atom stereocenters. The number of aldehydes is 1. The van der Waals surface area contributed by atoms with Gasteiger partial charge in [0.05, 0.1) is 0 Å². The SMILES string of the molecule is C=C/C(C=O)=C(\C=C/C)C(=O)N(C)CCCN.